The minimum absolute atomic E-state index is 0.125. The smallest absolute Gasteiger partial charge is 0.181 e. The molecule has 1 unspecified atom stereocenters. The molecule has 0 spiro atoms. The Morgan fingerprint density at radius 1 is 1.16 bits per heavy atom. The SMILES string of the molecule is Cn1c(-c2ccccc2)cn(CN(C2CC2)C2CCS(=O)(=O)C2)c1=S. The lowest BCUT2D eigenvalue weighted by atomic mass is 10.2. The molecule has 1 aromatic heterocycles. The van der Waals surface area contributed by atoms with Crippen molar-refractivity contribution in [2.75, 3.05) is 11.5 Å². The molecule has 1 atom stereocenters. The van der Waals surface area contributed by atoms with Gasteiger partial charge >= 0.3 is 0 Å². The third-order valence-corrected chi connectivity index (χ3v) is 7.51. The summed E-state index contributed by atoms with van der Waals surface area (Å²) < 4.78 is 28.7. The van der Waals surface area contributed by atoms with Crippen LogP contribution in [0, 0.1) is 4.77 Å². The molecule has 1 aliphatic carbocycles. The van der Waals surface area contributed by atoms with Crippen LogP contribution in [0.5, 0.6) is 0 Å². The van der Waals surface area contributed by atoms with E-state index in [2.05, 4.69) is 27.8 Å². The molecule has 2 fully saturated rings. The fourth-order valence-electron chi connectivity index (χ4n) is 3.71. The van der Waals surface area contributed by atoms with E-state index in [1.54, 1.807) is 0 Å². The highest BCUT2D eigenvalue weighted by Gasteiger charge is 2.39. The predicted octanol–water partition coefficient (Wildman–Crippen LogP) is 2.83. The summed E-state index contributed by atoms with van der Waals surface area (Å²) in [7, 11) is -0.888. The molecule has 0 radical (unpaired) electrons. The summed E-state index contributed by atoms with van der Waals surface area (Å²) in [6.07, 6.45) is 5.14. The molecule has 1 saturated carbocycles. The number of benzene rings is 1. The second-order valence-corrected chi connectivity index (χ2v) is 9.73. The van der Waals surface area contributed by atoms with Gasteiger partial charge in [-0.2, -0.15) is 0 Å². The van der Waals surface area contributed by atoms with E-state index >= 15 is 0 Å². The van der Waals surface area contributed by atoms with Gasteiger partial charge in [-0.15, -0.1) is 0 Å². The molecular formula is C18H23N3O2S2. The first kappa shape index (κ1) is 17.0. The zero-order valence-corrected chi connectivity index (χ0v) is 16.0. The Kier molecular flexibility index (Phi) is 4.33. The predicted molar refractivity (Wildman–Crippen MR) is 102 cm³/mol. The van der Waals surface area contributed by atoms with E-state index < -0.39 is 9.84 Å². The Hall–Kier alpha value is -1.44. The Bertz CT molecular complexity index is 927. The summed E-state index contributed by atoms with van der Waals surface area (Å²) in [6, 6.07) is 10.8. The molecule has 0 amide bonds. The molecule has 5 nitrogen and oxygen atoms in total. The van der Waals surface area contributed by atoms with Gasteiger partial charge in [-0.05, 0) is 37.0 Å². The molecule has 7 heteroatoms. The number of imidazole rings is 1. The first-order valence-electron chi connectivity index (χ1n) is 8.72. The minimum Gasteiger partial charge on any atom is -0.320 e. The molecule has 0 bridgehead atoms. The quantitative estimate of drug-likeness (QED) is 0.752. The van der Waals surface area contributed by atoms with E-state index in [-0.39, 0.29) is 11.8 Å². The van der Waals surface area contributed by atoms with Crippen LogP contribution in [0.2, 0.25) is 0 Å². The summed E-state index contributed by atoms with van der Waals surface area (Å²) >= 11 is 5.64. The monoisotopic (exact) mass is 377 g/mol. The topological polar surface area (TPSA) is 47.2 Å². The first-order chi connectivity index (χ1) is 11.9. The molecule has 4 rings (SSSR count). The number of hydrogen-bond acceptors (Lipinski definition) is 4. The van der Waals surface area contributed by atoms with E-state index in [0.717, 1.165) is 35.3 Å². The highest BCUT2D eigenvalue weighted by atomic mass is 32.2. The van der Waals surface area contributed by atoms with Gasteiger partial charge in [-0.3, -0.25) is 4.90 Å². The number of rotatable bonds is 5. The standard InChI is InChI=1S/C18H23N3O2S2/c1-19-17(14-5-3-2-4-6-14)11-20(18(19)24)13-21(15-7-8-15)16-9-10-25(22,23)12-16/h2-6,11,15-16H,7-10,12-13H2,1H3. The third kappa shape index (κ3) is 3.45. The van der Waals surface area contributed by atoms with Gasteiger partial charge in [0.2, 0.25) is 0 Å². The highest BCUT2D eigenvalue weighted by molar-refractivity contribution is 7.91. The second kappa shape index (κ2) is 6.37. The van der Waals surface area contributed by atoms with Crippen molar-refractivity contribution in [3.05, 3.63) is 41.3 Å². The fourth-order valence-corrected chi connectivity index (χ4v) is 5.66. The fraction of sp³-hybridized carbons (Fsp3) is 0.500. The van der Waals surface area contributed by atoms with E-state index in [9.17, 15) is 8.42 Å². The van der Waals surface area contributed by atoms with Crippen LogP contribution in [0.3, 0.4) is 0 Å². The van der Waals surface area contributed by atoms with Crippen LogP contribution in [0.4, 0.5) is 0 Å². The number of hydrogen-bond donors (Lipinski definition) is 0. The highest BCUT2D eigenvalue weighted by Crippen LogP contribution is 2.33. The molecule has 25 heavy (non-hydrogen) atoms. The maximum atomic E-state index is 11.9. The lowest BCUT2D eigenvalue weighted by Crippen LogP contribution is -2.39. The molecule has 1 aromatic carbocycles. The van der Waals surface area contributed by atoms with Crippen molar-refractivity contribution in [2.24, 2.45) is 7.05 Å². The summed E-state index contributed by atoms with van der Waals surface area (Å²) in [4.78, 5) is 2.36. The Balaban J connectivity index is 1.62. The second-order valence-electron chi connectivity index (χ2n) is 7.14. The van der Waals surface area contributed by atoms with Crippen molar-refractivity contribution in [2.45, 2.75) is 38.0 Å². The van der Waals surface area contributed by atoms with Gasteiger partial charge in [0, 0.05) is 25.3 Å². The van der Waals surface area contributed by atoms with Gasteiger partial charge in [0.05, 0.1) is 23.9 Å². The van der Waals surface area contributed by atoms with Crippen molar-refractivity contribution in [3.63, 3.8) is 0 Å². The largest absolute Gasteiger partial charge is 0.320 e. The van der Waals surface area contributed by atoms with Crippen molar-refractivity contribution >= 4 is 22.1 Å². The van der Waals surface area contributed by atoms with Crippen LogP contribution in [-0.2, 0) is 23.6 Å². The average molecular weight is 378 g/mol. The average Bonchev–Trinajstić information content (AvgIpc) is 3.32. The third-order valence-electron chi connectivity index (χ3n) is 5.25. The number of nitrogens with zero attached hydrogens (tertiary/aromatic N) is 3. The zero-order chi connectivity index (χ0) is 17.6. The van der Waals surface area contributed by atoms with Gasteiger partial charge < -0.3 is 9.13 Å². The van der Waals surface area contributed by atoms with E-state index in [4.69, 9.17) is 12.2 Å². The number of sulfone groups is 1. The van der Waals surface area contributed by atoms with Gasteiger partial charge in [-0.1, -0.05) is 30.3 Å². The zero-order valence-electron chi connectivity index (χ0n) is 14.3. The Morgan fingerprint density at radius 3 is 2.48 bits per heavy atom. The Labute approximate surface area is 153 Å². The molecule has 0 N–H and O–H groups in total. The molecule has 134 valence electrons. The number of aromatic nitrogens is 2. The van der Waals surface area contributed by atoms with Gasteiger partial charge in [0.25, 0.3) is 0 Å². The molecule has 1 saturated heterocycles. The Morgan fingerprint density at radius 2 is 1.88 bits per heavy atom. The van der Waals surface area contributed by atoms with Crippen LogP contribution in [-0.4, -0.2) is 46.0 Å². The summed E-state index contributed by atoms with van der Waals surface area (Å²) in [5.74, 6) is 0.603. The van der Waals surface area contributed by atoms with E-state index in [0.29, 0.717) is 18.5 Å². The van der Waals surface area contributed by atoms with Crippen LogP contribution in [0.1, 0.15) is 19.3 Å². The first-order valence-corrected chi connectivity index (χ1v) is 11.0. The van der Waals surface area contributed by atoms with Crippen molar-refractivity contribution in [1.82, 2.24) is 14.0 Å². The van der Waals surface area contributed by atoms with Crippen molar-refractivity contribution < 1.29 is 8.42 Å². The van der Waals surface area contributed by atoms with E-state index in [1.807, 2.05) is 29.8 Å². The maximum absolute atomic E-state index is 11.9. The van der Waals surface area contributed by atoms with Crippen LogP contribution in [0.25, 0.3) is 11.3 Å². The molecule has 1 aliphatic heterocycles. The molecular weight excluding hydrogens is 354 g/mol. The lowest BCUT2D eigenvalue weighted by Gasteiger charge is -2.28. The molecule has 2 aromatic rings. The minimum atomic E-state index is -2.88. The maximum Gasteiger partial charge on any atom is 0.181 e. The van der Waals surface area contributed by atoms with Crippen LogP contribution < -0.4 is 0 Å². The van der Waals surface area contributed by atoms with Crippen LogP contribution >= 0.6 is 12.2 Å². The van der Waals surface area contributed by atoms with Gasteiger partial charge in [0.1, 0.15) is 0 Å². The summed E-state index contributed by atoms with van der Waals surface area (Å²) in [5, 5.41) is 0. The van der Waals surface area contributed by atoms with Gasteiger partial charge in [0.15, 0.2) is 14.6 Å². The van der Waals surface area contributed by atoms with E-state index in [1.165, 1.54) is 0 Å². The molecule has 2 aliphatic rings. The normalized spacial score (nSPS) is 22.6. The van der Waals surface area contributed by atoms with Gasteiger partial charge in [-0.25, -0.2) is 8.42 Å². The van der Waals surface area contributed by atoms with Crippen molar-refractivity contribution in [1.29, 1.82) is 0 Å². The van der Waals surface area contributed by atoms with Crippen molar-refractivity contribution in [3.8, 4) is 11.3 Å². The molecule has 2 heterocycles. The van der Waals surface area contributed by atoms with Crippen LogP contribution in [0.15, 0.2) is 36.5 Å². The summed E-state index contributed by atoms with van der Waals surface area (Å²) in [6.45, 7) is 0.671. The summed E-state index contributed by atoms with van der Waals surface area (Å²) in [5.41, 5.74) is 2.22. The lowest BCUT2D eigenvalue weighted by molar-refractivity contribution is 0.153.